The summed E-state index contributed by atoms with van der Waals surface area (Å²) in [4.78, 5) is 27.5. The number of anilines is 1. The van der Waals surface area contributed by atoms with Gasteiger partial charge in [0.2, 0.25) is 0 Å². The van der Waals surface area contributed by atoms with Crippen molar-refractivity contribution in [1.29, 1.82) is 0 Å². The monoisotopic (exact) mass is 247 g/mol. The third-order valence-corrected chi connectivity index (χ3v) is 2.18. The number of nitrogens with zero attached hydrogens (tertiary/aromatic N) is 2. The molecule has 2 N–H and O–H groups in total. The lowest BCUT2D eigenvalue weighted by molar-refractivity contribution is -0.135. The van der Waals surface area contributed by atoms with E-state index in [1.807, 2.05) is 0 Å². The van der Waals surface area contributed by atoms with Crippen LogP contribution < -0.4 is 10.2 Å². The molecule has 0 atom stereocenters. The average molecular weight is 247 g/mol. The van der Waals surface area contributed by atoms with Crippen molar-refractivity contribution in [3.8, 4) is 12.3 Å². The van der Waals surface area contributed by atoms with Crippen molar-refractivity contribution in [1.82, 2.24) is 10.3 Å². The van der Waals surface area contributed by atoms with Crippen molar-refractivity contribution in [2.45, 2.75) is 0 Å². The van der Waals surface area contributed by atoms with Gasteiger partial charge in [0.05, 0.1) is 6.54 Å². The van der Waals surface area contributed by atoms with Crippen molar-refractivity contribution in [3.63, 3.8) is 0 Å². The zero-order valence-corrected chi connectivity index (χ0v) is 9.88. The lowest BCUT2D eigenvalue weighted by Gasteiger charge is -2.20. The molecule has 94 valence electrons. The fourth-order valence-corrected chi connectivity index (χ4v) is 1.38. The summed E-state index contributed by atoms with van der Waals surface area (Å²) in [5.74, 6) is 1.04. The Morgan fingerprint density at radius 2 is 2.33 bits per heavy atom. The maximum absolute atomic E-state index is 11.4. The van der Waals surface area contributed by atoms with E-state index in [4.69, 9.17) is 11.5 Å². The van der Waals surface area contributed by atoms with Crippen LogP contribution in [0.15, 0.2) is 18.3 Å². The first kappa shape index (κ1) is 13.5. The first-order valence-corrected chi connectivity index (χ1v) is 5.16. The summed E-state index contributed by atoms with van der Waals surface area (Å²) in [6.45, 7) is -0.0924. The second kappa shape index (κ2) is 6.25. The Bertz CT molecular complexity index is 494. The fraction of sp³-hybridized carbons (Fsp3) is 0.250. The van der Waals surface area contributed by atoms with E-state index in [2.05, 4.69) is 16.2 Å². The van der Waals surface area contributed by atoms with Gasteiger partial charge in [-0.1, -0.05) is 5.92 Å². The van der Waals surface area contributed by atoms with Crippen LogP contribution in [-0.2, 0) is 4.79 Å². The van der Waals surface area contributed by atoms with Gasteiger partial charge in [0.25, 0.3) is 5.91 Å². The summed E-state index contributed by atoms with van der Waals surface area (Å²) in [6, 6.07) is 3.10. The van der Waals surface area contributed by atoms with Gasteiger partial charge in [-0.05, 0) is 12.1 Å². The Balaban J connectivity index is 3.01. The molecule has 6 nitrogen and oxygen atoms in total. The predicted molar refractivity (Wildman–Crippen MR) is 66.3 cm³/mol. The first-order chi connectivity index (χ1) is 8.58. The molecule has 1 heterocycles. The van der Waals surface area contributed by atoms with Gasteiger partial charge >= 0.3 is 5.97 Å². The predicted octanol–water partition coefficient (Wildman–Crippen LogP) is -0.0346. The number of hydrogen-bond donors (Lipinski definition) is 2. The molecule has 0 aliphatic rings. The topological polar surface area (TPSA) is 82.5 Å². The van der Waals surface area contributed by atoms with Crippen molar-refractivity contribution >= 4 is 17.6 Å². The largest absolute Gasteiger partial charge is 0.480 e. The number of rotatable bonds is 5. The number of carboxylic acids is 1. The van der Waals surface area contributed by atoms with E-state index >= 15 is 0 Å². The molecule has 0 aliphatic carbocycles. The van der Waals surface area contributed by atoms with Crippen LogP contribution in [0.3, 0.4) is 0 Å². The molecule has 6 heteroatoms. The van der Waals surface area contributed by atoms with Crippen LogP contribution >= 0.6 is 0 Å². The summed E-state index contributed by atoms with van der Waals surface area (Å²) in [5.41, 5.74) is 0.756. The van der Waals surface area contributed by atoms with Crippen molar-refractivity contribution in [3.05, 3.63) is 24.0 Å². The van der Waals surface area contributed by atoms with E-state index in [1.165, 1.54) is 24.2 Å². The van der Waals surface area contributed by atoms with E-state index < -0.39 is 5.97 Å². The number of hydrogen-bond acceptors (Lipinski definition) is 4. The highest BCUT2D eigenvalue weighted by Gasteiger charge is 2.12. The summed E-state index contributed by atoms with van der Waals surface area (Å²) < 4.78 is 0. The number of pyridine rings is 1. The smallest absolute Gasteiger partial charge is 0.323 e. The van der Waals surface area contributed by atoms with Crippen LogP contribution in [0.1, 0.15) is 10.5 Å². The molecule has 0 bridgehead atoms. The van der Waals surface area contributed by atoms with E-state index in [0.29, 0.717) is 5.69 Å². The number of carbonyl (C=O) groups excluding carboxylic acids is 1. The lowest BCUT2D eigenvalue weighted by Crippen LogP contribution is -2.30. The molecule has 0 unspecified atom stereocenters. The number of amides is 1. The highest BCUT2D eigenvalue weighted by molar-refractivity contribution is 5.93. The number of aromatic nitrogens is 1. The van der Waals surface area contributed by atoms with Crippen LogP contribution in [0, 0.1) is 12.3 Å². The SMILES string of the molecule is C#CCN(CC(=O)O)c1ccnc(C(=O)NC)c1. The maximum atomic E-state index is 11.4. The van der Waals surface area contributed by atoms with Gasteiger partial charge in [-0.2, -0.15) is 0 Å². The van der Waals surface area contributed by atoms with Gasteiger partial charge in [-0.3, -0.25) is 14.6 Å². The average Bonchev–Trinajstić information content (AvgIpc) is 2.37. The molecular weight excluding hydrogens is 234 g/mol. The normalized spacial score (nSPS) is 9.33. The Kier molecular flexibility index (Phi) is 4.69. The second-order valence-corrected chi connectivity index (χ2v) is 3.43. The van der Waals surface area contributed by atoms with E-state index in [0.717, 1.165) is 0 Å². The Morgan fingerprint density at radius 1 is 1.61 bits per heavy atom. The molecule has 0 saturated heterocycles. The zero-order valence-electron chi connectivity index (χ0n) is 9.88. The lowest BCUT2D eigenvalue weighted by atomic mass is 10.2. The van der Waals surface area contributed by atoms with Gasteiger partial charge in [-0.15, -0.1) is 6.42 Å². The number of carbonyl (C=O) groups is 2. The first-order valence-electron chi connectivity index (χ1n) is 5.16. The van der Waals surface area contributed by atoms with E-state index in [-0.39, 0.29) is 24.7 Å². The van der Waals surface area contributed by atoms with Gasteiger partial charge < -0.3 is 15.3 Å². The van der Waals surface area contributed by atoms with E-state index in [1.54, 1.807) is 6.07 Å². The van der Waals surface area contributed by atoms with Crippen molar-refractivity contribution in [2.75, 3.05) is 25.0 Å². The van der Waals surface area contributed by atoms with Crippen molar-refractivity contribution < 1.29 is 14.7 Å². The fourth-order valence-electron chi connectivity index (χ4n) is 1.38. The molecule has 0 fully saturated rings. The van der Waals surface area contributed by atoms with Crippen LogP contribution in [0.25, 0.3) is 0 Å². The van der Waals surface area contributed by atoms with Crippen LogP contribution in [0.4, 0.5) is 5.69 Å². The third kappa shape index (κ3) is 3.49. The molecule has 0 saturated carbocycles. The minimum atomic E-state index is -0.997. The number of terminal acetylenes is 1. The van der Waals surface area contributed by atoms with Crippen LogP contribution in [0.5, 0.6) is 0 Å². The molecule has 1 amide bonds. The molecule has 0 spiro atoms. The third-order valence-electron chi connectivity index (χ3n) is 2.18. The molecular formula is C12H13N3O3. The van der Waals surface area contributed by atoms with E-state index in [9.17, 15) is 9.59 Å². The van der Waals surface area contributed by atoms with Gasteiger partial charge in [0, 0.05) is 18.9 Å². The number of carboxylic acid groups (broad SMARTS) is 1. The molecule has 1 rings (SSSR count). The van der Waals surface area contributed by atoms with Crippen LogP contribution in [0.2, 0.25) is 0 Å². The molecule has 18 heavy (non-hydrogen) atoms. The van der Waals surface area contributed by atoms with Gasteiger partial charge in [-0.25, -0.2) is 0 Å². The summed E-state index contributed by atoms with van der Waals surface area (Å²) in [6.07, 6.45) is 6.62. The standard InChI is InChI=1S/C12H13N3O3/c1-3-6-15(8-11(16)17)9-4-5-14-10(7-9)12(18)13-2/h1,4-5,7H,6,8H2,2H3,(H,13,18)(H,16,17). The number of aliphatic carboxylic acids is 1. The second-order valence-electron chi connectivity index (χ2n) is 3.43. The summed E-state index contributed by atoms with van der Waals surface area (Å²) in [7, 11) is 1.49. The van der Waals surface area contributed by atoms with Gasteiger partial charge in [0.15, 0.2) is 0 Å². The Morgan fingerprint density at radius 3 is 2.89 bits per heavy atom. The molecule has 0 aliphatic heterocycles. The quantitative estimate of drug-likeness (QED) is 0.714. The minimum Gasteiger partial charge on any atom is -0.480 e. The highest BCUT2D eigenvalue weighted by Crippen LogP contribution is 2.14. The van der Waals surface area contributed by atoms with Crippen molar-refractivity contribution in [2.24, 2.45) is 0 Å². The maximum Gasteiger partial charge on any atom is 0.323 e. The summed E-state index contributed by atoms with van der Waals surface area (Å²) in [5, 5.41) is 11.2. The molecule has 0 aromatic carbocycles. The zero-order chi connectivity index (χ0) is 13.5. The highest BCUT2D eigenvalue weighted by atomic mass is 16.4. The summed E-state index contributed by atoms with van der Waals surface area (Å²) >= 11 is 0. The Hall–Kier alpha value is -2.55. The molecule has 0 radical (unpaired) electrons. The molecule has 1 aromatic heterocycles. The van der Waals surface area contributed by atoms with Gasteiger partial charge in [0.1, 0.15) is 12.2 Å². The Labute approximate surface area is 105 Å². The minimum absolute atomic E-state index is 0.142. The molecule has 1 aromatic rings. The van der Waals surface area contributed by atoms with Crippen LogP contribution in [-0.4, -0.2) is 42.1 Å². The number of nitrogens with one attached hydrogen (secondary N) is 1.